The van der Waals surface area contributed by atoms with E-state index in [0.29, 0.717) is 18.6 Å². The molecule has 1 heterocycles. The highest BCUT2D eigenvalue weighted by Gasteiger charge is 2.31. The molecule has 0 aromatic heterocycles. The fourth-order valence-electron chi connectivity index (χ4n) is 2.78. The molecule has 5 nitrogen and oxygen atoms in total. The molecule has 0 aliphatic carbocycles. The zero-order valence-electron chi connectivity index (χ0n) is 13.3. The second-order valence-electron chi connectivity index (χ2n) is 5.91. The summed E-state index contributed by atoms with van der Waals surface area (Å²) >= 11 is 0. The number of carbonyl (C=O) groups is 1. The van der Waals surface area contributed by atoms with Crippen LogP contribution in [0.15, 0.2) is 54.6 Å². The van der Waals surface area contributed by atoms with E-state index in [0.717, 1.165) is 11.1 Å². The Balaban J connectivity index is 1.59. The summed E-state index contributed by atoms with van der Waals surface area (Å²) in [7, 11) is 0. The molecule has 1 saturated heterocycles. The third kappa shape index (κ3) is 3.82. The highest BCUT2D eigenvalue weighted by atomic mass is 16.5. The summed E-state index contributed by atoms with van der Waals surface area (Å²) < 4.78 is 5.40. The van der Waals surface area contributed by atoms with Gasteiger partial charge in [-0.15, -0.1) is 0 Å². The van der Waals surface area contributed by atoms with Gasteiger partial charge in [0.25, 0.3) is 5.91 Å². The first-order chi connectivity index (χ1) is 11.6. The van der Waals surface area contributed by atoms with Crippen LogP contribution >= 0.6 is 0 Å². The van der Waals surface area contributed by atoms with E-state index in [9.17, 15) is 15.0 Å². The van der Waals surface area contributed by atoms with E-state index in [4.69, 9.17) is 4.74 Å². The molecule has 1 amide bonds. The molecule has 0 bridgehead atoms. The number of carbonyl (C=O) groups excluding carboxylic acids is 1. The van der Waals surface area contributed by atoms with Crippen molar-refractivity contribution in [3.05, 3.63) is 60.2 Å². The minimum Gasteiger partial charge on any atom is -0.390 e. The number of nitrogens with one attached hydrogen (secondary N) is 1. The van der Waals surface area contributed by atoms with Gasteiger partial charge in [-0.1, -0.05) is 42.5 Å². The van der Waals surface area contributed by atoms with E-state index in [1.165, 1.54) is 0 Å². The molecular weight excluding hydrogens is 306 g/mol. The Morgan fingerprint density at radius 1 is 1.04 bits per heavy atom. The molecule has 126 valence electrons. The lowest BCUT2D eigenvalue weighted by Crippen LogP contribution is -2.49. The van der Waals surface area contributed by atoms with Gasteiger partial charge in [-0.3, -0.25) is 4.79 Å². The minimum absolute atomic E-state index is 0.164. The summed E-state index contributed by atoms with van der Waals surface area (Å²) in [5.74, 6) is -0.231. The Morgan fingerprint density at radius 3 is 2.42 bits per heavy atom. The summed E-state index contributed by atoms with van der Waals surface area (Å²) in [6.07, 6.45) is -1.95. The molecule has 3 N–H and O–H groups in total. The summed E-state index contributed by atoms with van der Waals surface area (Å²) in [4.78, 5) is 12.2. The van der Waals surface area contributed by atoms with Crippen molar-refractivity contribution in [1.29, 1.82) is 0 Å². The standard InChI is InChI=1S/C19H21NO4/c21-16-10-11-24-17(18(16)22)12-20-19(23)15-8-6-14(7-9-15)13-4-2-1-3-5-13/h1-9,16-18,21-22H,10-12H2,(H,20,23). The second-order valence-corrected chi connectivity index (χ2v) is 5.91. The molecule has 5 heteroatoms. The summed E-state index contributed by atoms with van der Waals surface area (Å²) in [5, 5.41) is 22.2. The Morgan fingerprint density at radius 2 is 1.71 bits per heavy atom. The largest absolute Gasteiger partial charge is 0.390 e. The van der Waals surface area contributed by atoms with Gasteiger partial charge >= 0.3 is 0 Å². The zero-order chi connectivity index (χ0) is 16.9. The van der Waals surface area contributed by atoms with E-state index in [-0.39, 0.29) is 12.5 Å². The van der Waals surface area contributed by atoms with Gasteiger partial charge in [-0.05, 0) is 29.7 Å². The lowest BCUT2D eigenvalue weighted by Gasteiger charge is -2.32. The first-order valence-electron chi connectivity index (χ1n) is 8.06. The van der Waals surface area contributed by atoms with Gasteiger partial charge in [0.15, 0.2) is 0 Å². The summed E-state index contributed by atoms with van der Waals surface area (Å²) in [5.41, 5.74) is 2.68. The van der Waals surface area contributed by atoms with E-state index in [1.54, 1.807) is 12.1 Å². The number of benzene rings is 2. The SMILES string of the molecule is O=C(NCC1OCCC(O)C1O)c1ccc(-c2ccccc2)cc1. The van der Waals surface area contributed by atoms with Gasteiger partial charge in [0.05, 0.1) is 6.10 Å². The fourth-order valence-corrected chi connectivity index (χ4v) is 2.78. The Kier molecular flexibility index (Phi) is 5.25. The van der Waals surface area contributed by atoms with Crippen molar-refractivity contribution in [3.8, 4) is 11.1 Å². The van der Waals surface area contributed by atoms with Crippen LogP contribution in [0.5, 0.6) is 0 Å². The van der Waals surface area contributed by atoms with Crippen LogP contribution in [0.4, 0.5) is 0 Å². The van der Waals surface area contributed by atoms with Gasteiger partial charge in [0.2, 0.25) is 0 Å². The van der Waals surface area contributed by atoms with Crippen LogP contribution in [0, 0.1) is 0 Å². The average Bonchev–Trinajstić information content (AvgIpc) is 2.63. The molecule has 24 heavy (non-hydrogen) atoms. The monoisotopic (exact) mass is 327 g/mol. The van der Waals surface area contributed by atoms with E-state index >= 15 is 0 Å². The molecule has 3 rings (SSSR count). The number of hydrogen-bond acceptors (Lipinski definition) is 4. The van der Waals surface area contributed by atoms with Crippen LogP contribution in [0.25, 0.3) is 11.1 Å². The van der Waals surface area contributed by atoms with Crippen LogP contribution in [0.1, 0.15) is 16.8 Å². The van der Waals surface area contributed by atoms with Gasteiger partial charge in [0.1, 0.15) is 12.2 Å². The van der Waals surface area contributed by atoms with Gasteiger partial charge in [-0.25, -0.2) is 0 Å². The molecule has 3 atom stereocenters. The molecule has 3 unspecified atom stereocenters. The van der Waals surface area contributed by atoms with Gasteiger partial charge in [0, 0.05) is 18.7 Å². The molecule has 2 aromatic carbocycles. The minimum atomic E-state index is -0.973. The van der Waals surface area contributed by atoms with Crippen LogP contribution in [-0.4, -0.2) is 47.6 Å². The van der Waals surface area contributed by atoms with Crippen LogP contribution in [0.3, 0.4) is 0 Å². The van der Waals surface area contributed by atoms with E-state index < -0.39 is 18.3 Å². The third-order valence-electron chi connectivity index (χ3n) is 4.24. The van der Waals surface area contributed by atoms with Crippen molar-refractivity contribution in [3.63, 3.8) is 0 Å². The Bertz CT molecular complexity index is 672. The molecule has 0 spiro atoms. The lowest BCUT2D eigenvalue weighted by molar-refractivity contribution is -0.132. The molecule has 0 saturated carbocycles. The first-order valence-corrected chi connectivity index (χ1v) is 8.06. The van der Waals surface area contributed by atoms with Crippen LogP contribution in [-0.2, 0) is 4.74 Å². The maximum Gasteiger partial charge on any atom is 0.251 e. The maximum atomic E-state index is 12.2. The number of amides is 1. The van der Waals surface area contributed by atoms with Crippen molar-refractivity contribution < 1.29 is 19.7 Å². The fraction of sp³-hybridized carbons (Fsp3) is 0.316. The number of aliphatic hydroxyl groups excluding tert-OH is 2. The molecule has 2 aromatic rings. The quantitative estimate of drug-likeness (QED) is 0.797. The van der Waals surface area contributed by atoms with E-state index in [1.807, 2.05) is 42.5 Å². The number of hydrogen-bond donors (Lipinski definition) is 3. The summed E-state index contributed by atoms with van der Waals surface area (Å²) in [6, 6.07) is 17.3. The number of ether oxygens (including phenoxy) is 1. The number of rotatable bonds is 4. The highest BCUT2D eigenvalue weighted by Crippen LogP contribution is 2.19. The smallest absolute Gasteiger partial charge is 0.251 e. The molecular formula is C19H21NO4. The highest BCUT2D eigenvalue weighted by molar-refractivity contribution is 5.94. The Hall–Kier alpha value is -2.21. The van der Waals surface area contributed by atoms with Crippen molar-refractivity contribution in [2.45, 2.75) is 24.7 Å². The first kappa shape index (κ1) is 16.6. The van der Waals surface area contributed by atoms with Crippen molar-refractivity contribution in [2.24, 2.45) is 0 Å². The normalized spacial score (nSPS) is 23.7. The average molecular weight is 327 g/mol. The van der Waals surface area contributed by atoms with Crippen molar-refractivity contribution in [2.75, 3.05) is 13.2 Å². The van der Waals surface area contributed by atoms with Crippen LogP contribution in [0.2, 0.25) is 0 Å². The van der Waals surface area contributed by atoms with Gasteiger partial charge in [-0.2, -0.15) is 0 Å². The second kappa shape index (κ2) is 7.57. The predicted molar refractivity (Wildman–Crippen MR) is 90.6 cm³/mol. The Labute approximate surface area is 140 Å². The lowest BCUT2D eigenvalue weighted by atomic mass is 10.0. The predicted octanol–water partition coefficient (Wildman–Crippen LogP) is 1.59. The molecule has 1 aliphatic heterocycles. The van der Waals surface area contributed by atoms with E-state index in [2.05, 4.69) is 5.32 Å². The number of aliphatic hydroxyl groups is 2. The van der Waals surface area contributed by atoms with Crippen molar-refractivity contribution in [1.82, 2.24) is 5.32 Å². The molecule has 1 fully saturated rings. The summed E-state index contributed by atoms with van der Waals surface area (Å²) in [6.45, 7) is 0.544. The topological polar surface area (TPSA) is 78.8 Å². The zero-order valence-corrected chi connectivity index (χ0v) is 13.3. The maximum absolute atomic E-state index is 12.2. The molecule has 0 radical (unpaired) electrons. The van der Waals surface area contributed by atoms with Gasteiger partial charge < -0.3 is 20.3 Å². The molecule has 1 aliphatic rings. The van der Waals surface area contributed by atoms with Crippen LogP contribution < -0.4 is 5.32 Å². The third-order valence-corrected chi connectivity index (χ3v) is 4.24. The van der Waals surface area contributed by atoms with Crippen molar-refractivity contribution >= 4 is 5.91 Å².